The number of imidazole rings is 1. The van der Waals surface area contributed by atoms with E-state index in [2.05, 4.69) is 25.6 Å². The number of nitrogens with one attached hydrogen (secondary N) is 2. The standard InChI is InChI=1S/C34H40N8O4/c1-3-24(39-31-30-33(37-21-36-31)41(22-38-30)27-17-9-11-20-46-27)32-40-26-16-12-15-25(35-19-10-5-8-18-28(43)45-2)29(26)34(44)42(32)23-13-6-4-7-14-23/h4,6-7,12-16,21-22,24,27,35H,3,5,8-11,17-20H2,1-2H3,(H,36,37,39)/t24-,27?/m0/s1. The van der Waals surface area contributed by atoms with E-state index in [4.69, 9.17) is 14.5 Å². The minimum atomic E-state index is -0.363. The molecule has 1 fully saturated rings. The van der Waals surface area contributed by atoms with Crippen molar-refractivity contribution >= 4 is 39.5 Å². The summed E-state index contributed by atoms with van der Waals surface area (Å²) in [4.78, 5) is 44.7. The maximum absolute atomic E-state index is 14.4. The number of carbonyl (C=O) groups excluding carboxylic acids is 1. The molecule has 3 aromatic heterocycles. The first-order chi connectivity index (χ1) is 22.6. The zero-order valence-corrected chi connectivity index (χ0v) is 26.3. The number of hydrogen-bond acceptors (Lipinski definition) is 10. The highest BCUT2D eigenvalue weighted by molar-refractivity contribution is 5.91. The average molecular weight is 625 g/mol. The summed E-state index contributed by atoms with van der Waals surface area (Å²) in [5, 5.41) is 7.51. The van der Waals surface area contributed by atoms with Crippen LogP contribution in [0.1, 0.15) is 76.4 Å². The fraction of sp³-hybridized carbons (Fsp3) is 0.412. The van der Waals surface area contributed by atoms with Crippen LogP contribution < -0.4 is 16.2 Å². The zero-order chi connectivity index (χ0) is 31.9. The molecule has 240 valence electrons. The lowest BCUT2D eigenvalue weighted by molar-refractivity contribution is -0.140. The fourth-order valence-electron chi connectivity index (χ4n) is 5.98. The van der Waals surface area contributed by atoms with Gasteiger partial charge in [-0.3, -0.25) is 18.7 Å². The Hall–Kier alpha value is -4.84. The maximum Gasteiger partial charge on any atom is 0.305 e. The van der Waals surface area contributed by atoms with Gasteiger partial charge >= 0.3 is 5.97 Å². The van der Waals surface area contributed by atoms with Gasteiger partial charge in [-0.05, 0) is 62.8 Å². The third kappa shape index (κ3) is 6.57. The number of esters is 1. The Bertz CT molecular complexity index is 1850. The monoisotopic (exact) mass is 624 g/mol. The summed E-state index contributed by atoms with van der Waals surface area (Å²) in [6.07, 6.45) is 9.78. The van der Waals surface area contributed by atoms with Crippen LogP contribution in [0.4, 0.5) is 11.5 Å². The molecule has 1 unspecified atom stereocenters. The van der Waals surface area contributed by atoms with Crippen molar-refractivity contribution in [2.45, 2.75) is 70.6 Å². The van der Waals surface area contributed by atoms with Crippen molar-refractivity contribution < 1.29 is 14.3 Å². The Morgan fingerprint density at radius 2 is 1.93 bits per heavy atom. The highest BCUT2D eigenvalue weighted by Crippen LogP contribution is 2.30. The molecule has 1 aliphatic rings. The zero-order valence-electron chi connectivity index (χ0n) is 26.3. The first-order valence-corrected chi connectivity index (χ1v) is 16.1. The lowest BCUT2D eigenvalue weighted by Gasteiger charge is -2.24. The van der Waals surface area contributed by atoms with E-state index in [1.54, 1.807) is 10.9 Å². The number of anilines is 2. The number of benzene rings is 2. The summed E-state index contributed by atoms with van der Waals surface area (Å²) in [6, 6.07) is 14.9. The number of aromatic nitrogens is 6. The molecule has 2 N–H and O–H groups in total. The Kier molecular flexibility index (Phi) is 9.82. The number of hydrogen-bond donors (Lipinski definition) is 2. The van der Waals surface area contributed by atoms with E-state index in [9.17, 15) is 9.59 Å². The molecule has 1 aliphatic heterocycles. The maximum atomic E-state index is 14.4. The van der Waals surface area contributed by atoms with Gasteiger partial charge in [0, 0.05) is 25.3 Å². The topological polar surface area (TPSA) is 138 Å². The lowest BCUT2D eigenvalue weighted by Crippen LogP contribution is -2.29. The Morgan fingerprint density at radius 1 is 1.07 bits per heavy atom. The third-order valence-electron chi connectivity index (χ3n) is 8.39. The Balaban J connectivity index is 1.34. The molecular formula is C34H40N8O4. The van der Waals surface area contributed by atoms with Gasteiger partial charge in [0.2, 0.25) is 0 Å². The van der Waals surface area contributed by atoms with Gasteiger partial charge in [-0.15, -0.1) is 0 Å². The summed E-state index contributed by atoms with van der Waals surface area (Å²) < 4.78 is 14.4. The SMILES string of the molecule is CC[C@H](Nc1ncnc2c1ncn2C1CCCCO1)c1nc2cccc(NCCCCCC(=O)OC)c2c(=O)n1-c1ccccc1. The van der Waals surface area contributed by atoms with E-state index in [0.29, 0.717) is 53.1 Å². The first-order valence-electron chi connectivity index (χ1n) is 16.1. The minimum Gasteiger partial charge on any atom is -0.469 e. The molecule has 12 nitrogen and oxygen atoms in total. The molecule has 6 rings (SSSR count). The van der Waals surface area contributed by atoms with Crippen LogP contribution in [0.5, 0.6) is 0 Å². The number of methoxy groups -OCH3 is 1. The summed E-state index contributed by atoms with van der Waals surface area (Å²) >= 11 is 0. The summed E-state index contributed by atoms with van der Waals surface area (Å²) in [6.45, 7) is 3.43. The van der Waals surface area contributed by atoms with Gasteiger partial charge in [0.1, 0.15) is 18.4 Å². The molecule has 5 aromatic rings. The van der Waals surface area contributed by atoms with Crippen molar-refractivity contribution in [3.63, 3.8) is 0 Å². The molecular weight excluding hydrogens is 584 g/mol. The molecule has 0 radical (unpaired) electrons. The van der Waals surface area contributed by atoms with Crippen LogP contribution >= 0.6 is 0 Å². The van der Waals surface area contributed by atoms with Crippen LogP contribution in [0.25, 0.3) is 27.8 Å². The number of fused-ring (bicyclic) bond motifs is 2. The molecule has 0 amide bonds. The second-order valence-corrected chi connectivity index (χ2v) is 11.4. The number of rotatable bonds is 13. The molecule has 0 spiro atoms. The quantitative estimate of drug-likeness (QED) is 0.120. The molecule has 12 heteroatoms. The van der Waals surface area contributed by atoms with E-state index >= 15 is 0 Å². The first kappa shape index (κ1) is 31.2. The van der Waals surface area contributed by atoms with E-state index in [1.165, 1.54) is 13.4 Å². The van der Waals surface area contributed by atoms with Crippen molar-refractivity contribution in [3.05, 3.63) is 77.4 Å². The van der Waals surface area contributed by atoms with E-state index in [0.717, 1.165) is 56.5 Å². The van der Waals surface area contributed by atoms with Crippen LogP contribution in [-0.4, -0.2) is 55.3 Å². The van der Waals surface area contributed by atoms with E-state index < -0.39 is 0 Å². The minimum absolute atomic E-state index is 0.100. The lowest BCUT2D eigenvalue weighted by atomic mass is 10.1. The van der Waals surface area contributed by atoms with Gasteiger partial charge in [0.15, 0.2) is 17.0 Å². The predicted molar refractivity (Wildman–Crippen MR) is 177 cm³/mol. The van der Waals surface area contributed by atoms with E-state index in [1.807, 2.05) is 60.0 Å². The highest BCUT2D eigenvalue weighted by atomic mass is 16.5. The number of para-hydroxylation sites is 1. The third-order valence-corrected chi connectivity index (χ3v) is 8.39. The van der Waals surface area contributed by atoms with Gasteiger partial charge in [0.25, 0.3) is 5.56 Å². The van der Waals surface area contributed by atoms with Crippen molar-refractivity contribution in [3.8, 4) is 5.69 Å². The largest absolute Gasteiger partial charge is 0.469 e. The van der Waals surface area contributed by atoms with Crippen molar-refractivity contribution in [2.24, 2.45) is 0 Å². The molecule has 2 aromatic carbocycles. The summed E-state index contributed by atoms with van der Waals surface area (Å²) in [7, 11) is 1.41. The predicted octanol–water partition coefficient (Wildman–Crippen LogP) is 5.93. The van der Waals surface area contributed by atoms with Crippen molar-refractivity contribution in [1.82, 2.24) is 29.1 Å². The fourth-order valence-corrected chi connectivity index (χ4v) is 5.98. The molecule has 46 heavy (non-hydrogen) atoms. The van der Waals surface area contributed by atoms with Crippen LogP contribution in [0.15, 0.2) is 66.0 Å². The number of unbranched alkanes of at least 4 members (excludes halogenated alkanes) is 2. The van der Waals surface area contributed by atoms with Gasteiger partial charge < -0.3 is 20.1 Å². The van der Waals surface area contributed by atoms with Crippen LogP contribution in [0.2, 0.25) is 0 Å². The number of ether oxygens (including phenoxy) is 2. The highest BCUT2D eigenvalue weighted by Gasteiger charge is 2.25. The second kappa shape index (κ2) is 14.5. The van der Waals surface area contributed by atoms with Gasteiger partial charge in [-0.1, -0.05) is 37.6 Å². The van der Waals surface area contributed by atoms with Crippen molar-refractivity contribution in [2.75, 3.05) is 30.9 Å². The van der Waals surface area contributed by atoms with Crippen LogP contribution in [-0.2, 0) is 14.3 Å². The molecule has 0 saturated carbocycles. The summed E-state index contributed by atoms with van der Waals surface area (Å²) in [5.41, 5.74) is 3.24. The van der Waals surface area contributed by atoms with Crippen molar-refractivity contribution in [1.29, 1.82) is 0 Å². The van der Waals surface area contributed by atoms with E-state index in [-0.39, 0.29) is 23.8 Å². The number of nitrogens with zero attached hydrogens (tertiary/aromatic N) is 6. The van der Waals surface area contributed by atoms with Gasteiger partial charge in [0.05, 0.1) is 36.1 Å². The molecule has 0 bridgehead atoms. The molecule has 0 aliphatic carbocycles. The molecule has 2 atom stereocenters. The van der Waals surface area contributed by atoms with Crippen LogP contribution in [0, 0.1) is 0 Å². The van der Waals surface area contributed by atoms with Gasteiger partial charge in [-0.2, -0.15) is 0 Å². The Morgan fingerprint density at radius 3 is 2.72 bits per heavy atom. The average Bonchev–Trinajstić information content (AvgIpc) is 3.54. The Labute approximate surface area is 267 Å². The second-order valence-electron chi connectivity index (χ2n) is 11.4. The molecule has 4 heterocycles. The normalized spacial score (nSPS) is 15.6. The van der Waals surface area contributed by atoms with Crippen LogP contribution in [0.3, 0.4) is 0 Å². The summed E-state index contributed by atoms with van der Waals surface area (Å²) in [5.74, 6) is 0.953. The molecule has 1 saturated heterocycles. The number of carbonyl (C=O) groups is 1. The smallest absolute Gasteiger partial charge is 0.305 e. The van der Waals surface area contributed by atoms with Gasteiger partial charge in [-0.25, -0.2) is 19.9 Å².